The summed E-state index contributed by atoms with van der Waals surface area (Å²) in [6, 6.07) is 5.38. The molecule has 8 nitrogen and oxygen atoms in total. The molecule has 0 saturated carbocycles. The van der Waals surface area contributed by atoms with Crippen LogP contribution in [0.5, 0.6) is 0 Å². The number of hydrogen-bond acceptors (Lipinski definition) is 6. The van der Waals surface area contributed by atoms with Gasteiger partial charge in [-0.25, -0.2) is 14.8 Å². The molecule has 4 rings (SSSR count). The molecule has 1 aromatic carbocycles. The first-order valence-corrected chi connectivity index (χ1v) is 9.65. The molecule has 0 saturated heterocycles. The van der Waals surface area contributed by atoms with Crippen molar-refractivity contribution in [1.29, 1.82) is 0 Å². The number of esters is 1. The van der Waals surface area contributed by atoms with E-state index in [1.807, 2.05) is 19.9 Å². The van der Waals surface area contributed by atoms with Crippen molar-refractivity contribution in [2.45, 2.75) is 33.7 Å². The summed E-state index contributed by atoms with van der Waals surface area (Å²) in [5, 5.41) is 4.44. The Balaban J connectivity index is 1.64. The lowest BCUT2D eigenvalue weighted by molar-refractivity contribution is 0.0508. The number of aromatic nitrogens is 4. The minimum Gasteiger partial charge on any atom is -0.461 e. The molecular formula is C21H23N5O3. The van der Waals surface area contributed by atoms with Gasteiger partial charge in [-0.15, -0.1) is 0 Å². The van der Waals surface area contributed by atoms with Crippen LogP contribution in [0.4, 0.5) is 0 Å². The summed E-state index contributed by atoms with van der Waals surface area (Å²) < 4.78 is 6.71. The van der Waals surface area contributed by atoms with Gasteiger partial charge in [-0.3, -0.25) is 9.48 Å². The van der Waals surface area contributed by atoms with Crippen LogP contribution < -0.4 is 0 Å². The third-order valence-electron chi connectivity index (χ3n) is 5.27. The van der Waals surface area contributed by atoms with Crippen LogP contribution in [0, 0.1) is 13.8 Å². The zero-order chi connectivity index (χ0) is 20.7. The number of amides is 1. The van der Waals surface area contributed by atoms with E-state index in [0.717, 1.165) is 28.2 Å². The van der Waals surface area contributed by atoms with E-state index in [4.69, 9.17) is 4.74 Å². The van der Waals surface area contributed by atoms with Crippen LogP contribution in [0.25, 0.3) is 11.0 Å². The van der Waals surface area contributed by atoms with Crippen LogP contribution in [-0.4, -0.2) is 49.7 Å². The van der Waals surface area contributed by atoms with E-state index in [1.54, 1.807) is 35.7 Å². The Morgan fingerprint density at radius 2 is 1.86 bits per heavy atom. The normalized spacial score (nSPS) is 13.4. The summed E-state index contributed by atoms with van der Waals surface area (Å²) in [5.74, 6) is -0.513. The zero-order valence-corrected chi connectivity index (χ0v) is 17.0. The first-order chi connectivity index (χ1) is 13.9. The average molecular weight is 393 g/mol. The molecule has 29 heavy (non-hydrogen) atoms. The molecule has 0 fully saturated rings. The lowest BCUT2D eigenvalue weighted by Gasteiger charge is -2.27. The third-order valence-corrected chi connectivity index (χ3v) is 5.27. The van der Waals surface area contributed by atoms with E-state index in [9.17, 15) is 9.59 Å². The number of benzene rings is 1. The topological polar surface area (TPSA) is 90.2 Å². The molecule has 1 aliphatic rings. The van der Waals surface area contributed by atoms with Gasteiger partial charge in [-0.05, 0) is 39.0 Å². The highest BCUT2D eigenvalue weighted by Gasteiger charge is 2.30. The first kappa shape index (κ1) is 19.0. The van der Waals surface area contributed by atoms with E-state index in [-0.39, 0.29) is 5.91 Å². The lowest BCUT2D eigenvalue weighted by Crippen LogP contribution is -2.36. The van der Waals surface area contributed by atoms with Gasteiger partial charge in [0, 0.05) is 31.1 Å². The molecule has 0 radical (unpaired) electrons. The Bertz CT molecular complexity index is 1140. The Kier molecular flexibility index (Phi) is 4.77. The molecule has 0 aliphatic carbocycles. The largest absolute Gasteiger partial charge is 0.461 e. The molecule has 1 amide bonds. The molecule has 2 aromatic heterocycles. The standard InChI is InChI=1S/C21H23N5O3/c1-5-29-21(28)19-15-11-26(9-8-16(15)24-25(19)4)20(27)14-6-7-17-18(10-14)23-13(3)12(2)22-17/h6-7,10H,5,8-9,11H2,1-4H3. The summed E-state index contributed by atoms with van der Waals surface area (Å²) in [6.45, 7) is 6.75. The maximum atomic E-state index is 13.2. The summed E-state index contributed by atoms with van der Waals surface area (Å²) in [4.78, 5) is 36.3. The van der Waals surface area contributed by atoms with Crippen molar-refractivity contribution in [3.8, 4) is 0 Å². The molecule has 0 spiro atoms. The van der Waals surface area contributed by atoms with Crippen LogP contribution in [0.15, 0.2) is 18.2 Å². The van der Waals surface area contributed by atoms with Gasteiger partial charge in [-0.1, -0.05) is 0 Å². The van der Waals surface area contributed by atoms with Gasteiger partial charge >= 0.3 is 5.97 Å². The minimum atomic E-state index is -0.412. The van der Waals surface area contributed by atoms with Crippen LogP contribution in [0.1, 0.15) is 50.4 Å². The maximum Gasteiger partial charge on any atom is 0.356 e. The monoisotopic (exact) mass is 393 g/mol. The van der Waals surface area contributed by atoms with Crippen molar-refractivity contribution < 1.29 is 14.3 Å². The molecule has 8 heteroatoms. The second-order valence-electron chi connectivity index (χ2n) is 7.19. The number of ether oxygens (including phenoxy) is 1. The van der Waals surface area contributed by atoms with Gasteiger partial charge in [0.15, 0.2) is 5.69 Å². The minimum absolute atomic E-state index is 0.101. The van der Waals surface area contributed by atoms with E-state index < -0.39 is 5.97 Å². The van der Waals surface area contributed by atoms with Crippen molar-refractivity contribution in [1.82, 2.24) is 24.6 Å². The van der Waals surface area contributed by atoms with Gasteiger partial charge in [-0.2, -0.15) is 5.10 Å². The van der Waals surface area contributed by atoms with Crippen LogP contribution in [0.2, 0.25) is 0 Å². The van der Waals surface area contributed by atoms with Crippen molar-refractivity contribution in [2.24, 2.45) is 7.05 Å². The van der Waals surface area contributed by atoms with Crippen LogP contribution >= 0.6 is 0 Å². The van der Waals surface area contributed by atoms with E-state index in [2.05, 4.69) is 15.1 Å². The Labute approximate surface area is 168 Å². The fraction of sp³-hybridized carbons (Fsp3) is 0.381. The SMILES string of the molecule is CCOC(=O)c1c2c(nn1C)CCN(C(=O)c1ccc3nc(C)c(C)nc3c1)C2. The van der Waals surface area contributed by atoms with E-state index in [1.165, 1.54) is 0 Å². The smallest absolute Gasteiger partial charge is 0.356 e. The number of carbonyl (C=O) groups is 2. The number of aryl methyl sites for hydroxylation is 3. The van der Waals surface area contributed by atoms with Gasteiger partial charge in [0.05, 0.1) is 41.3 Å². The summed E-state index contributed by atoms with van der Waals surface area (Å²) >= 11 is 0. The van der Waals surface area contributed by atoms with Gasteiger partial charge in [0.2, 0.25) is 0 Å². The second-order valence-corrected chi connectivity index (χ2v) is 7.19. The van der Waals surface area contributed by atoms with E-state index in [0.29, 0.717) is 42.9 Å². The van der Waals surface area contributed by atoms with Gasteiger partial charge in [0.1, 0.15) is 0 Å². The predicted molar refractivity (Wildman–Crippen MR) is 107 cm³/mol. The summed E-state index contributed by atoms with van der Waals surface area (Å²) in [7, 11) is 1.73. The molecule has 0 N–H and O–H groups in total. The molecule has 3 aromatic rings. The summed E-state index contributed by atoms with van der Waals surface area (Å²) in [6.07, 6.45) is 0.597. The lowest BCUT2D eigenvalue weighted by atomic mass is 10.0. The highest BCUT2D eigenvalue weighted by Crippen LogP contribution is 2.25. The number of hydrogen-bond donors (Lipinski definition) is 0. The molecule has 0 unspecified atom stereocenters. The van der Waals surface area contributed by atoms with Crippen LogP contribution in [-0.2, 0) is 24.8 Å². The molecule has 150 valence electrons. The molecule has 0 bridgehead atoms. The zero-order valence-electron chi connectivity index (χ0n) is 17.0. The summed E-state index contributed by atoms with van der Waals surface area (Å²) in [5.41, 5.74) is 5.76. The second kappa shape index (κ2) is 7.27. The van der Waals surface area contributed by atoms with Crippen molar-refractivity contribution in [3.05, 3.63) is 52.1 Å². The Hall–Kier alpha value is -3.29. The predicted octanol–water partition coefficient (Wildman–Crippen LogP) is 2.36. The number of rotatable bonds is 3. The maximum absolute atomic E-state index is 13.2. The van der Waals surface area contributed by atoms with Crippen molar-refractivity contribution >= 4 is 22.9 Å². The fourth-order valence-electron chi connectivity index (χ4n) is 3.68. The van der Waals surface area contributed by atoms with E-state index >= 15 is 0 Å². The van der Waals surface area contributed by atoms with Crippen LogP contribution in [0.3, 0.4) is 0 Å². The molecule has 0 atom stereocenters. The first-order valence-electron chi connectivity index (χ1n) is 9.65. The van der Waals surface area contributed by atoms with Gasteiger partial charge < -0.3 is 9.64 Å². The highest BCUT2D eigenvalue weighted by atomic mass is 16.5. The Morgan fingerprint density at radius 3 is 2.59 bits per heavy atom. The quantitative estimate of drug-likeness (QED) is 0.635. The average Bonchev–Trinajstić information content (AvgIpc) is 3.03. The van der Waals surface area contributed by atoms with Crippen molar-refractivity contribution in [2.75, 3.05) is 13.2 Å². The Morgan fingerprint density at radius 1 is 1.14 bits per heavy atom. The molecule has 1 aliphatic heterocycles. The number of fused-ring (bicyclic) bond motifs is 2. The fourth-order valence-corrected chi connectivity index (χ4v) is 3.68. The highest BCUT2D eigenvalue weighted by molar-refractivity contribution is 5.97. The molecular weight excluding hydrogens is 370 g/mol. The van der Waals surface area contributed by atoms with Crippen molar-refractivity contribution in [3.63, 3.8) is 0 Å². The molecule has 3 heterocycles. The number of carbonyl (C=O) groups excluding carboxylic acids is 2. The van der Waals surface area contributed by atoms with Gasteiger partial charge in [0.25, 0.3) is 5.91 Å². The third kappa shape index (κ3) is 3.35. The number of nitrogens with zero attached hydrogens (tertiary/aromatic N) is 5.